The number of pyridine rings is 1. The summed E-state index contributed by atoms with van der Waals surface area (Å²) in [6.07, 6.45) is -0.520. The summed E-state index contributed by atoms with van der Waals surface area (Å²) < 4.78 is 45.1. The number of nitrogen functional groups attached to an aromatic ring is 1. The van der Waals surface area contributed by atoms with E-state index in [9.17, 15) is 22.8 Å². The largest absolute Gasteiger partial charge is 0.413 e. The van der Waals surface area contributed by atoms with Gasteiger partial charge < -0.3 is 30.5 Å². The monoisotopic (exact) mass is 638 g/mol. The third-order valence-corrected chi connectivity index (χ3v) is 7.91. The molecule has 11 nitrogen and oxygen atoms in total. The molecule has 14 heteroatoms. The molecule has 2 amide bonds. The van der Waals surface area contributed by atoms with Gasteiger partial charge in [0, 0.05) is 86.3 Å². The maximum Gasteiger partial charge on any atom is 0.413 e. The number of nitrogens with one attached hydrogen (secondary N) is 1. The van der Waals surface area contributed by atoms with Crippen LogP contribution in [0.2, 0.25) is 0 Å². The number of hydrogen-bond donors (Lipinski definition) is 2. The fourth-order valence-corrected chi connectivity index (χ4v) is 5.36. The van der Waals surface area contributed by atoms with Crippen molar-refractivity contribution in [2.24, 2.45) is 5.92 Å². The quantitative estimate of drug-likeness (QED) is 0.353. The highest BCUT2D eigenvalue weighted by Gasteiger charge is 2.36. The lowest BCUT2D eigenvalue weighted by molar-refractivity contribution is -0.130. The van der Waals surface area contributed by atoms with E-state index in [-0.39, 0.29) is 18.3 Å². The maximum absolute atomic E-state index is 13.2. The topological polar surface area (TPSA) is 130 Å². The number of carbonyl (C=O) groups excluding carboxylic acids is 2. The van der Waals surface area contributed by atoms with E-state index in [1.165, 1.54) is 13.8 Å². The Kier molecular flexibility index (Phi) is 10.0. The maximum atomic E-state index is 13.2. The molecule has 4 heterocycles. The lowest BCUT2D eigenvalue weighted by Gasteiger charge is -2.37. The van der Waals surface area contributed by atoms with E-state index >= 15 is 0 Å². The van der Waals surface area contributed by atoms with E-state index in [0.717, 1.165) is 41.4 Å². The van der Waals surface area contributed by atoms with E-state index in [2.05, 4.69) is 31.2 Å². The van der Waals surface area contributed by atoms with Crippen molar-refractivity contribution in [3.8, 4) is 11.3 Å². The standard InChI is InChI=1S/C32H37F3N8O3/c1-21(2)26(32(33,34)35)18-29(44)39-24-5-3-22(4-6-24)15-30(45)43-9-7-41(8-10-43)25-16-27(23-19-37-31(36)38-20-23)40-28(17-25)42-11-13-46-14-12-42/h3-6,16-21H,7-15H2,1-2H3,(H,39,44)(H2,36,37,38)/b26-18+. The molecule has 46 heavy (non-hydrogen) atoms. The molecule has 2 aliphatic rings. The van der Waals surface area contributed by atoms with Crippen LogP contribution in [0.15, 0.2) is 60.4 Å². The number of aromatic nitrogens is 3. The number of allylic oxidation sites excluding steroid dienone is 1. The fourth-order valence-electron chi connectivity index (χ4n) is 5.36. The van der Waals surface area contributed by atoms with Crippen LogP contribution in [0.4, 0.5) is 36.3 Å². The van der Waals surface area contributed by atoms with Gasteiger partial charge in [-0.3, -0.25) is 9.59 Å². The van der Waals surface area contributed by atoms with Crippen LogP contribution in [0, 0.1) is 5.92 Å². The Labute approximate surface area is 265 Å². The van der Waals surface area contributed by atoms with Crippen molar-refractivity contribution in [2.45, 2.75) is 26.4 Å². The van der Waals surface area contributed by atoms with Crippen molar-refractivity contribution in [1.82, 2.24) is 19.9 Å². The van der Waals surface area contributed by atoms with E-state index in [0.29, 0.717) is 51.2 Å². The molecule has 244 valence electrons. The zero-order valence-corrected chi connectivity index (χ0v) is 25.8. The lowest BCUT2D eigenvalue weighted by Crippen LogP contribution is -2.49. The number of nitrogens with zero attached hydrogens (tertiary/aromatic N) is 6. The number of ether oxygens (including phenoxy) is 1. The molecular weight excluding hydrogens is 601 g/mol. The molecule has 2 fully saturated rings. The number of nitrogens with two attached hydrogens (primary N) is 1. The van der Waals surface area contributed by atoms with Crippen molar-refractivity contribution in [2.75, 3.05) is 73.3 Å². The second-order valence-corrected chi connectivity index (χ2v) is 11.5. The zero-order chi connectivity index (χ0) is 32.8. The van der Waals surface area contributed by atoms with Gasteiger partial charge in [-0.05, 0) is 29.7 Å². The lowest BCUT2D eigenvalue weighted by atomic mass is 10.0. The normalized spacial score (nSPS) is 16.1. The van der Waals surface area contributed by atoms with Crippen molar-refractivity contribution < 1.29 is 27.5 Å². The van der Waals surface area contributed by atoms with E-state index in [1.54, 1.807) is 36.7 Å². The Bertz CT molecular complexity index is 1550. The molecule has 0 spiro atoms. The number of piperazine rings is 1. The molecule has 2 saturated heterocycles. The van der Waals surface area contributed by atoms with Gasteiger partial charge in [-0.1, -0.05) is 26.0 Å². The van der Waals surface area contributed by atoms with Crippen LogP contribution < -0.4 is 20.9 Å². The van der Waals surface area contributed by atoms with Crippen LogP contribution in [0.1, 0.15) is 19.4 Å². The number of hydrogen-bond acceptors (Lipinski definition) is 9. The molecule has 3 N–H and O–H groups in total. The molecule has 3 aromatic rings. The number of morpholine rings is 1. The Morgan fingerprint density at radius 1 is 0.978 bits per heavy atom. The van der Waals surface area contributed by atoms with Crippen LogP contribution in [0.25, 0.3) is 11.3 Å². The van der Waals surface area contributed by atoms with Gasteiger partial charge in [0.25, 0.3) is 0 Å². The van der Waals surface area contributed by atoms with Gasteiger partial charge in [0.2, 0.25) is 17.8 Å². The van der Waals surface area contributed by atoms with E-state index < -0.39 is 23.6 Å². The van der Waals surface area contributed by atoms with Crippen LogP contribution in [0.5, 0.6) is 0 Å². The highest BCUT2D eigenvalue weighted by atomic mass is 19.4. The summed E-state index contributed by atoms with van der Waals surface area (Å²) >= 11 is 0. The van der Waals surface area contributed by atoms with Gasteiger partial charge in [-0.15, -0.1) is 0 Å². The number of carbonyl (C=O) groups is 2. The van der Waals surface area contributed by atoms with Crippen LogP contribution in [0.3, 0.4) is 0 Å². The van der Waals surface area contributed by atoms with Crippen LogP contribution >= 0.6 is 0 Å². The van der Waals surface area contributed by atoms with Gasteiger partial charge in [0.05, 0.1) is 25.3 Å². The number of benzene rings is 1. The number of amides is 2. The summed E-state index contributed by atoms with van der Waals surface area (Å²) in [5, 5.41) is 2.46. The average molecular weight is 639 g/mol. The zero-order valence-electron chi connectivity index (χ0n) is 25.8. The van der Waals surface area contributed by atoms with Crippen molar-refractivity contribution >= 4 is 35.0 Å². The average Bonchev–Trinajstić information content (AvgIpc) is 3.04. The SMILES string of the molecule is CC(C)/C(=C\C(=O)Nc1ccc(CC(=O)N2CCN(c3cc(-c4cnc(N)nc4)nc(N4CCOCC4)c3)CC2)cc1)C(F)(F)F. The molecule has 5 rings (SSSR count). The molecule has 0 atom stereocenters. The Hall–Kier alpha value is -4.72. The molecular formula is C32H37F3N8O3. The summed E-state index contributed by atoms with van der Waals surface area (Å²) in [6.45, 7) is 7.82. The second kappa shape index (κ2) is 14.1. The summed E-state index contributed by atoms with van der Waals surface area (Å²) in [5.74, 6) is -0.713. The molecule has 0 bridgehead atoms. The van der Waals surface area contributed by atoms with Gasteiger partial charge >= 0.3 is 6.18 Å². The van der Waals surface area contributed by atoms with Crippen molar-refractivity contribution in [3.05, 3.63) is 66.0 Å². The molecule has 2 aliphatic heterocycles. The summed E-state index contributed by atoms with van der Waals surface area (Å²) in [4.78, 5) is 44.7. The highest BCUT2D eigenvalue weighted by molar-refractivity contribution is 6.00. The summed E-state index contributed by atoms with van der Waals surface area (Å²) in [7, 11) is 0. The first-order valence-electron chi connectivity index (χ1n) is 15.1. The Morgan fingerprint density at radius 2 is 1.63 bits per heavy atom. The van der Waals surface area contributed by atoms with Gasteiger partial charge in [0.1, 0.15) is 5.82 Å². The minimum absolute atomic E-state index is 0.0328. The van der Waals surface area contributed by atoms with Crippen LogP contribution in [-0.4, -0.2) is 90.3 Å². The molecule has 1 aromatic carbocycles. The van der Waals surface area contributed by atoms with Gasteiger partial charge in [-0.2, -0.15) is 13.2 Å². The number of rotatable bonds is 8. The minimum Gasteiger partial charge on any atom is -0.378 e. The number of anilines is 4. The minimum atomic E-state index is -4.58. The number of alkyl halides is 3. The third kappa shape index (κ3) is 8.30. The van der Waals surface area contributed by atoms with E-state index in [4.69, 9.17) is 15.5 Å². The van der Waals surface area contributed by atoms with Gasteiger partial charge in [0.15, 0.2) is 0 Å². The van der Waals surface area contributed by atoms with Crippen molar-refractivity contribution in [3.63, 3.8) is 0 Å². The molecule has 0 radical (unpaired) electrons. The number of halogens is 3. The highest BCUT2D eigenvalue weighted by Crippen LogP contribution is 2.31. The fraction of sp³-hybridized carbons (Fsp3) is 0.406. The summed E-state index contributed by atoms with van der Waals surface area (Å²) in [6, 6.07) is 10.6. The first kappa shape index (κ1) is 32.7. The molecule has 0 unspecified atom stereocenters. The van der Waals surface area contributed by atoms with E-state index in [1.807, 2.05) is 11.0 Å². The first-order valence-corrected chi connectivity index (χ1v) is 15.1. The molecule has 0 saturated carbocycles. The predicted octanol–water partition coefficient (Wildman–Crippen LogP) is 3.93. The van der Waals surface area contributed by atoms with Gasteiger partial charge in [-0.25, -0.2) is 15.0 Å². The second-order valence-electron chi connectivity index (χ2n) is 11.5. The molecule has 2 aromatic heterocycles. The predicted molar refractivity (Wildman–Crippen MR) is 169 cm³/mol. The first-order chi connectivity index (χ1) is 22.0. The molecule has 0 aliphatic carbocycles. The third-order valence-electron chi connectivity index (χ3n) is 7.91. The van der Waals surface area contributed by atoms with Crippen LogP contribution in [-0.2, 0) is 20.7 Å². The summed E-state index contributed by atoms with van der Waals surface area (Å²) in [5.41, 5.74) is 8.34. The Balaban J connectivity index is 1.20. The smallest absolute Gasteiger partial charge is 0.378 e. The Morgan fingerprint density at radius 3 is 2.24 bits per heavy atom. The van der Waals surface area contributed by atoms with Crippen molar-refractivity contribution in [1.29, 1.82) is 0 Å².